The van der Waals surface area contributed by atoms with Crippen molar-refractivity contribution >= 4 is 23.6 Å². The van der Waals surface area contributed by atoms with Crippen molar-refractivity contribution in [2.24, 2.45) is 0 Å². The molecule has 0 aliphatic carbocycles. The molecule has 0 unspecified atom stereocenters. The van der Waals surface area contributed by atoms with Gasteiger partial charge in [-0.25, -0.2) is 9.18 Å². The normalized spacial score (nSPS) is 10.5. The lowest BCUT2D eigenvalue weighted by Crippen LogP contribution is -2.35. The summed E-state index contributed by atoms with van der Waals surface area (Å²) in [6.45, 7) is 4.60. The van der Waals surface area contributed by atoms with Crippen LogP contribution in [0.25, 0.3) is 6.08 Å². The van der Waals surface area contributed by atoms with Crippen LogP contribution in [0.15, 0.2) is 48.5 Å². The SMILES string of the molecule is CCCCOc1ccc(/C=C/C(=O)OCC(=O)N(CCC#N)c2ccc(F)cc2)cc1OCC. The predicted molar refractivity (Wildman–Crippen MR) is 127 cm³/mol. The molecule has 0 radical (unpaired) electrons. The topological polar surface area (TPSA) is 88.9 Å². The zero-order chi connectivity index (χ0) is 24.8. The van der Waals surface area contributed by atoms with Gasteiger partial charge in [-0.3, -0.25) is 4.79 Å². The van der Waals surface area contributed by atoms with Gasteiger partial charge in [0, 0.05) is 18.3 Å². The van der Waals surface area contributed by atoms with Crippen molar-refractivity contribution in [3.05, 3.63) is 59.9 Å². The van der Waals surface area contributed by atoms with E-state index in [0.29, 0.717) is 36.0 Å². The standard InChI is InChI=1S/C26H29FN2O5/c1-3-5-17-33-23-13-7-20(18-24(23)32-4-2)8-14-26(31)34-19-25(30)29(16-6-15-28)22-11-9-21(27)10-12-22/h7-14,18H,3-6,16-17,19H2,1-2H3/b14-8+. The van der Waals surface area contributed by atoms with Crippen molar-refractivity contribution in [1.82, 2.24) is 0 Å². The van der Waals surface area contributed by atoms with Crippen LogP contribution in [0.3, 0.4) is 0 Å². The van der Waals surface area contributed by atoms with Gasteiger partial charge in [0.25, 0.3) is 5.91 Å². The minimum absolute atomic E-state index is 0.0806. The summed E-state index contributed by atoms with van der Waals surface area (Å²) in [5.74, 6) is -0.443. The molecule has 180 valence electrons. The Bertz CT molecular complexity index is 1010. The molecule has 0 bridgehead atoms. The highest BCUT2D eigenvalue weighted by Crippen LogP contribution is 2.29. The molecule has 0 saturated carbocycles. The second kappa shape index (κ2) is 14.3. The second-order valence-electron chi connectivity index (χ2n) is 7.21. The van der Waals surface area contributed by atoms with Gasteiger partial charge in [-0.15, -0.1) is 0 Å². The number of ether oxygens (including phenoxy) is 3. The molecule has 34 heavy (non-hydrogen) atoms. The fourth-order valence-corrected chi connectivity index (χ4v) is 2.95. The molecule has 0 aliphatic heterocycles. The van der Waals surface area contributed by atoms with Crippen molar-refractivity contribution in [2.45, 2.75) is 33.1 Å². The summed E-state index contributed by atoms with van der Waals surface area (Å²) in [4.78, 5) is 26.0. The molecule has 0 fully saturated rings. The number of unbranched alkanes of at least 4 members (excludes halogenated alkanes) is 1. The van der Waals surface area contributed by atoms with E-state index in [1.54, 1.807) is 24.3 Å². The summed E-state index contributed by atoms with van der Waals surface area (Å²) in [6.07, 6.45) is 4.81. The van der Waals surface area contributed by atoms with E-state index in [1.807, 2.05) is 13.0 Å². The number of benzene rings is 2. The van der Waals surface area contributed by atoms with E-state index in [-0.39, 0.29) is 13.0 Å². The fraction of sp³-hybridized carbons (Fsp3) is 0.346. The zero-order valence-corrected chi connectivity index (χ0v) is 19.5. The summed E-state index contributed by atoms with van der Waals surface area (Å²) in [5.41, 5.74) is 1.12. The number of rotatable bonds is 13. The molecule has 8 heteroatoms. The lowest BCUT2D eigenvalue weighted by Gasteiger charge is -2.21. The molecule has 7 nitrogen and oxygen atoms in total. The maximum absolute atomic E-state index is 13.2. The molecular weight excluding hydrogens is 439 g/mol. The third kappa shape index (κ3) is 8.58. The first-order valence-electron chi connectivity index (χ1n) is 11.2. The summed E-state index contributed by atoms with van der Waals surface area (Å²) in [5, 5.41) is 8.85. The molecule has 0 aromatic heterocycles. The Morgan fingerprint density at radius 1 is 1.09 bits per heavy atom. The van der Waals surface area contributed by atoms with Crippen molar-refractivity contribution in [3.63, 3.8) is 0 Å². The molecule has 0 spiro atoms. The molecule has 2 aromatic rings. The van der Waals surface area contributed by atoms with Crippen molar-refractivity contribution in [2.75, 3.05) is 31.3 Å². The van der Waals surface area contributed by atoms with Crippen LogP contribution in [0.4, 0.5) is 10.1 Å². The Morgan fingerprint density at radius 3 is 2.53 bits per heavy atom. The minimum atomic E-state index is -0.700. The zero-order valence-electron chi connectivity index (χ0n) is 19.5. The maximum atomic E-state index is 13.2. The van der Waals surface area contributed by atoms with Gasteiger partial charge in [0.05, 0.1) is 25.7 Å². The van der Waals surface area contributed by atoms with Gasteiger partial charge >= 0.3 is 5.97 Å². The quantitative estimate of drug-likeness (QED) is 0.236. The van der Waals surface area contributed by atoms with Crippen LogP contribution in [0.1, 0.15) is 38.7 Å². The summed E-state index contributed by atoms with van der Waals surface area (Å²) in [6, 6.07) is 12.6. The molecule has 2 rings (SSSR count). The van der Waals surface area contributed by atoms with Gasteiger partial charge in [0.1, 0.15) is 5.82 Å². The third-order valence-corrected chi connectivity index (χ3v) is 4.66. The highest BCUT2D eigenvalue weighted by molar-refractivity contribution is 5.96. The number of halogens is 1. The second-order valence-corrected chi connectivity index (χ2v) is 7.21. The number of carbonyl (C=O) groups excluding carboxylic acids is 2. The predicted octanol–water partition coefficient (Wildman–Crippen LogP) is 4.91. The monoisotopic (exact) mass is 468 g/mol. The molecule has 0 heterocycles. The number of hydrogen-bond donors (Lipinski definition) is 0. The summed E-state index contributed by atoms with van der Waals surface area (Å²) in [7, 11) is 0. The molecule has 1 amide bonds. The van der Waals surface area contributed by atoms with Crippen molar-refractivity contribution in [1.29, 1.82) is 5.26 Å². The average molecular weight is 469 g/mol. The van der Waals surface area contributed by atoms with E-state index >= 15 is 0 Å². The third-order valence-electron chi connectivity index (χ3n) is 4.66. The molecule has 0 N–H and O–H groups in total. The Hall–Kier alpha value is -3.86. The van der Waals surface area contributed by atoms with E-state index in [9.17, 15) is 14.0 Å². The summed E-state index contributed by atoms with van der Waals surface area (Å²) < 4.78 is 29.6. The number of esters is 1. The highest BCUT2D eigenvalue weighted by Gasteiger charge is 2.17. The Morgan fingerprint density at radius 2 is 1.85 bits per heavy atom. The first kappa shape index (κ1) is 26.4. The molecular formula is C26H29FN2O5. The van der Waals surface area contributed by atoms with E-state index in [2.05, 4.69) is 6.92 Å². The number of anilines is 1. The van der Waals surface area contributed by atoms with Gasteiger partial charge in [-0.1, -0.05) is 19.4 Å². The lowest BCUT2D eigenvalue weighted by atomic mass is 10.2. The van der Waals surface area contributed by atoms with Crippen LogP contribution in [0.2, 0.25) is 0 Å². The minimum Gasteiger partial charge on any atom is -0.490 e. The van der Waals surface area contributed by atoms with Crippen LogP contribution in [-0.2, 0) is 14.3 Å². The molecule has 0 saturated heterocycles. The number of hydrogen-bond acceptors (Lipinski definition) is 6. The molecule has 2 aromatic carbocycles. The Kier molecular flexibility index (Phi) is 11.1. The van der Waals surface area contributed by atoms with Crippen LogP contribution in [-0.4, -0.2) is 38.2 Å². The maximum Gasteiger partial charge on any atom is 0.331 e. The van der Waals surface area contributed by atoms with Gasteiger partial charge in [-0.05, 0) is 61.4 Å². The van der Waals surface area contributed by atoms with Crippen LogP contribution >= 0.6 is 0 Å². The van der Waals surface area contributed by atoms with Gasteiger partial charge in [0.2, 0.25) is 0 Å². The number of amides is 1. The summed E-state index contributed by atoms with van der Waals surface area (Å²) >= 11 is 0. The first-order valence-corrected chi connectivity index (χ1v) is 11.2. The smallest absolute Gasteiger partial charge is 0.331 e. The van der Waals surface area contributed by atoms with Crippen LogP contribution in [0.5, 0.6) is 11.5 Å². The number of carbonyl (C=O) groups is 2. The Labute approximate surface area is 199 Å². The number of nitriles is 1. The highest BCUT2D eigenvalue weighted by atomic mass is 19.1. The van der Waals surface area contributed by atoms with Gasteiger partial charge in [0.15, 0.2) is 18.1 Å². The largest absolute Gasteiger partial charge is 0.490 e. The molecule has 0 aliphatic rings. The fourth-order valence-electron chi connectivity index (χ4n) is 2.95. The van der Waals surface area contributed by atoms with Crippen molar-refractivity contribution in [3.8, 4) is 17.6 Å². The van der Waals surface area contributed by atoms with Gasteiger partial charge < -0.3 is 19.1 Å². The molecule has 0 atom stereocenters. The number of nitrogens with zero attached hydrogens (tertiary/aromatic N) is 2. The average Bonchev–Trinajstić information content (AvgIpc) is 2.84. The Balaban J connectivity index is 1.99. The lowest BCUT2D eigenvalue weighted by molar-refractivity contribution is -0.142. The van der Waals surface area contributed by atoms with Gasteiger partial charge in [-0.2, -0.15) is 5.26 Å². The van der Waals surface area contributed by atoms with Crippen LogP contribution < -0.4 is 14.4 Å². The van der Waals surface area contributed by atoms with Crippen molar-refractivity contribution < 1.29 is 28.2 Å². The first-order chi connectivity index (χ1) is 16.5. The van der Waals surface area contributed by atoms with E-state index < -0.39 is 24.3 Å². The van der Waals surface area contributed by atoms with E-state index in [0.717, 1.165) is 12.8 Å². The van der Waals surface area contributed by atoms with Crippen LogP contribution in [0, 0.1) is 17.1 Å². The van der Waals surface area contributed by atoms with E-state index in [1.165, 1.54) is 35.2 Å². The van der Waals surface area contributed by atoms with E-state index in [4.69, 9.17) is 19.5 Å².